The van der Waals surface area contributed by atoms with Crippen molar-refractivity contribution in [3.63, 3.8) is 0 Å². The van der Waals surface area contributed by atoms with Crippen LogP contribution < -0.4 is 10.6 Å². The third kappa shape index (κ3) is 2.66. The smallest absolute Gasteiger partial charge is 0.237 e. The van der Waals surface area contributed by atoms with Gasteiger partial charge in [-0.2, -0.15) is 0 Å². The number of amides is 1. The van der Waals surface area contributed by atoms with Crippen LogP contribution in [0.3, 0.4) is 0 Å². The van der Waals surface area contributed by atoms with Crippen LogP contribution in [0.2, 0.25) is 0 Å². The standard InChI is InChI=1S/C16H22N2O/c1-16(2)8-13(16)10-18-15(19)14-7-11-5-3-4-6-12(11)9-17-14/h3-6,13-14,17H,7-10H2,1-2H3,(H,18,19)/t13?,14-/m1/s1. The van der Waals surface area contributed by atoms with Crippen molar-refractivity contribution in [2.24, 2.45) is 11.3 Å². The lowest BCUT2D eigenvalue weighted by Gasteiger charge is -2.25. The Bertz CT molecular complexity index is 495. The molecule has 0 bridgehead atoms. The molecule has 1 fully saturated rings. The van der Waals surface area contributed by atoms with Crippen LogP contribution in [0.4, 0.5) is 0 Å². The van der Waals surface area contributed by atoms with Crippen LogP contribution in [-0.2, 0) is 17.8 Å². The molecular formula is C16H22N2O. The molecule has 0 spiro atoms. The van der Waals surface area contributed by atoms with Crippen molar-refractivity contribution in [1.29, 1.82) is 0 Å². The molecule has 2 N–H and O–H groups in total. The van der Waals surface area contributed by atoms with Crippen molar-refractivity contribution < 1.29 is 4.79 Å². The van der Waals surface area contributed by atoms with Crippen LogP contribution >= 0.6 is 0 Å². The second-order valence-corrected chi connectivity index (χ2v) is 6.54. The maximum Gasteiger partial charge on any atom is 0.237 e. The van der Waals surface area contributed by atoms with Gasteiger partial charge in [-0.3, -0.25) is 4.79 Å². The molecule has 1 aliphatic carbocycles. The third-order valence-corrected chi connectivity index (χ3v) is 4.64. The van der Waals surface area contributed by atoms with Crippen LogP contribution in [0.5, 0.6) is 0 Å². The van der Waals surface area contributed by atoms with E-state index in [1.807, 2.05) is 6.07 Å². The van der Waals surface area contributed by atoms with E-state index in [2.05, 4.69) is 42.7 Å². The lowest BCUT2D eigenvalue weighted by Crippen LogP contribution is -2.48. The first-order chi connectivity index (χ1) is 9.06. The molecule has 1 aromatic rings. The minimum Gasteiger partial charge on any atom is -0.354 e. The van der Waals surface area contributed by atoms with Crippen LogP contribution in [0.1, 0.15) is 31.4 Å². The van der Waals surface area contributed by atoms with E-state index in [1.54, 1.807) is 0 Å². The van der Waals surface area contributed by atoms with E-state index < -0.39 is 0 Å². The molecule has 0 saturated heterocycles. The maximum absolute atomic E-state index is 12.2. The quantitative estimate of drug-likeness (QED) is 0.869. The van der Waals surface area contributed by atoms with Gasteiger partial charge in [0.25, 0.3) is 0 Å². The lowest BCUT2D eigenvalue weighted by molar-refractivity contribution is -0.123. The fourth-order valence-corrected chi connectivity index (χ4v) is 2.91. The molecule has 1 heterocycles. The summed E-state index contributed by atoms with van der Waals surface area (Å²) in [6.07, 6.45) is 2.03. The molecule has 1 aliphatic heterocycles. The molecule has 2 aliphatic rings. The van der Waals surface area contributed by atoms with Gasteiger partial charge < -0.3 is 10.6 Å². The Morgan fingerprint density at radius 1 is 1.37 bits per heavy atom. The zero-order valence-electron chi connectivity index (χ0n) is 11.7. The van der Waals surface area contributed by atoms with Crippen LogP contribution in [0, 0.1) is 11.3 Å². The normalized spacial score (nSPS) is 27.5. The Labute approximate surface area is 114 Å². The number of fused-ring (bicyclic) bond motifs is 1. The van der Waals surface area contributed by atoms with Gasteiger partial charge in [0, 0.05) is 13.1 Å². The van der Waals surface area contributed by atoms with Crippen molar-refractivity contribution in [2.45, 2.75) is 39.3 Å². The monoisotopic (exact) mass is 258 g/mol. The highest BCUT2D eigenvalue weighted by atomic mass is 16.2. The molecule has 0 radical (unpaired) electrons. The zero-order valence-corrected chi connectivity index (χ0v) is 11.7. The topological polar surface area (TPSA) is 41.1 Å². The minimum atomic E-state index is -0.0724. The van der Waals surface area contributed by atoms with E-state index >= 15 is 0 Å². The Morgan fingerprint density at radius 2 is 2.05 bits per heavy atom. The first-order valence-corrected chi connectivity index (χ1v) is 7.14. The molecule has 102 valence electrons. The van der Waals surface area contributed by atoms with Crippen molar-refractivity contribution in [3.05, 3.63) is 35.4 Å². The number of nitrogens with one attached hydrogen (secondary N) is 2. The van der Waals surface area contributed by atoms with Gasteiger partial charge in [-0.15, -0.1) is 0 Å². The molecule has 1 amide bonds. The van der Waals surface area contributed by atoms with Gasteiger partial charge in [0.1, 0.15) is 0 Å². The average Bonchev–Trinajstić information content (AvgIpc) is 3.03. The number of benzene rings is 1. The Balaban J connectivity index is 1.55. The van der Waals surface area contributed by atoms with E-state index in [0.717, 1.165) is 19.5 Å². The number of hydrogen-bond donors (Lipinski definition) is 2. The third-order valence-electron chi connectivity index (χ3n) is 4.64. The van der Waals surface area contributed by atoms with E-state index in [4.69, 9.17) is 0 Å². The van der Waals surface area contributed by atoms with Crippen LogP contribution in [0.15, 0.2) is 24.3 Å². The summed E-state index contributed by atoms with van der Waals surface area (Å²) in [6, 6.07) is 8.28. The second kappa shape index (κ2) is 4.64. The maximum atomic E-state index is 12.2. The number of rotatable bonds is 3. The molecule has 0 aromatic heterocycles. The molecule has 3 heteroatoms. The highest BCUT2D eigenvalue weighted by Gasteiger charge is 2.45. The predicted octanol–water partition coefficient (Wildman–Crippen LogP) is 1.86. The summed E-state index contributed by atoms with van der Waals surface area (Å²) in [4.78, 5) is 12.2. The summed E-state index contributed by atoms with van der Waals surface area (Å²) in [7, 11) is 0. The fourth-order valence-electron chi connectivity index (χ4n) is 2.91. The van der Waals surface area contributed by atoms with Crippen LogP contribution in [-0.4, -0.2) is 18.5 Å². The van der Waals surface area contributed by atoms with E-state index in [9.17, 15) is 4.79 Å². The molecular weight excluding hydrogens is 236 g/mol. The Morgan fingerprint density at radius 3 is 2.74 bits per heavy atom. The highest BCUT2D eigenvalue weighted by molar-refractivity contribution is 5.82. The summed E-state index contributed by atoms with van der Waals surface area (Å²) in [6.45, 7) is 6.15. The Kier molecular flexibility index (Phi) is 3.09. The molecule has 2 atom stereocenters. The fraction of sp³-hybridized carbons (Fsp3) is 0.562. The van der Waals surface area contributed by atoms with Gasteiger partial charge in [-0.25, -0.2) is 0 Å². The van der Waals surface area contributed by atoms with Crippen molar-refractivity contribution >= 4 is 5.91 Å². The minimum absolute atomic E-state index is 0.0724. The first-order valence-electron chi connectivity index (χ1n) is 7.14. The van der Waals surface area contributed by atoms with Crippen molar-refractivity contribution in [2.75, 3.05) is 6.54 Å². The summed E-state index contributed by atoms with van der Waals surface area (Å²) in [5.74, 6) is 0.810. The second-order valence-electron chi connectivity index (χ2n) is 6.54. The first kappa shape index (κ1) is 12.7. The van der Waals surface area contributed by atoms with Gasteiger partial charge >= 0.3 is 0 Å². The van der Waals surface area contributed by atoms with Crippen LogP contribution in [0.25, 0.3) is 0 Å². The number of carbonyl (C=O) groups excluding carboxylic acids is 1. The van der Waals surface area contributed by atoms with Gasteiger partial charge in [-0.05, 0) is 35.3 Å². The van der Waals surface area contributed by atoms with E-state index in [1.165, 1.54) is 17.5 Å². The van der Waals surface area contributed by atoms with Gasteiger partial charge in [0.2, 0.25) is 5.91 Å². The summed E-state index contributed by atoms with van der Waals surface area (Å²) in [5, 5.41) is 6.43. The molecule has 19 heavy (non-hydrogen) atoms. The van der Waals surface area contributed by atoms with Gasteiger partial charge in [0.15, 0.2) is 0 Å². The van der Waals surface area contributed by atoms with Crippen molar-refractivity contribution in [3.8, 4) is 0 Å². The molecule has 3 rings (SSSR count). The summed E-state index contributed by atoms with van der Waals surface area (Å²) in [5.41, 5.74) is 3.04. The predicted molar refractivity (Wildman–Crippen MR) is 75.7 cm³/mol. The Hall–Kier alpha value is -1.35. The SMILES string of the molecule is CC1(C)CC1CNC(=O)[C@H]1Cc2ccccc2CN1. The molecule has 1 unspecified atom stereocenters. The summed E-state index contributed by atoms with van der Waals surface area (Å²) >= 11 is 0. The zero-order chi connectivity index (χ0) is 13.5. The largest absolute Gasteiger partial charge is 0.354 e. The molecule has 1 aromatic carbocycles. The number of carbonyl (C=O) groups is 1. The molecule has 1 saturated carbocycles. The number of hydrogen-bond acceptors (Lipinski definition) is 2. The summed E-state index contributed by atoms with van der Waals surface area (Å²) < 4.78 is 0. The van der Waals surface area contributed by atoms with Gasteiger partial charge in [0.05, 0.1) is 6.04 Å². The lowest BCUT2D eigenvalue weighted by atomic mass is 9.95. The molecule has 3 nitrogen and oxygen atoms in total. The van der Waals surface area contributed by atoms with Gasteiger partial charge in [-0.1, -0.05) is 38.1 Å². The highest BCUT2D eigenvalue weighted by Crippen LogP contribution is 2.50. The van der Waals surface area contributed by atoms with Crippen molar-refractivity contribution in [1.82, 2.24) is 10.6 Å². The van der Waals surface area contributed by atoms with E-state index in [0.29, 0.717) is 11.3 Å². The average molecular weight is 258 g/mol. The van der Waals surface area contributed by atoms with E-state index in [-0.39, 0.29) is 11.9 Å².